The second-order valence-electron chi connectivity index (χ2n) is 4.62. The zero-order valence-electron chi connectivity index (χ0n) is 12.4. The molecule has 2 aromatic rings. The Kier molecular flexibility index (Phi) is 10.0. The maximum Gasteiger partial charge on any atom is 0.266 e. The van der Waals surface area contributed by atoms with E-state index in [9.17, 15) is 4.79 Å². The number of hydrogen-bond acceptors (Lipinski definition) is 4. The molecule has 7 heteroatoms. The minimum Gasteiger partial charge on any atom is -0.334 e. The number of aryl methyl sites for hydroxylation is 1. The Morgan fingerprint density at radius 1 is 1.27 bits per heavy atom. The molecule has 1 aromatic carbocycles. The van der Waals surface area contributed by atoms with Gasteiger partial charge in [0.2, 0.25) is 0 Å². The lowest BCUT2D eigenvalue weighted by Crippen LogP contribution is -2.32. The minimum absolute atomic E-state index is 0. The molecule has 1 heterocycles. The zero-order valence-corrected chi connectivity index (χ0v) is 14.8. The molecule has 0 spiro atoms. The van der Waals surface area contributed by atoms with Gasteiger partial charge in [-0.1, -0.05) is 30.3 Å². The summed E-state index contributed by atoms with van der Waals surface area (Å²) in [6, 6.07) is 10.0. The monoisotopic (exact) mass is 361 g/mol. The highest BCUT2D eigenvalue weighted by atomic mass is 35.5. The Morgan fingerprint density at radius 3 is 2.50 bits per heavy atom. The first-order chi connectivity index (χ1) is 9.72. The van der Waals surface area contributed by atoms with Crippen molar-refractivity contribution >= 4 is 42.1 Å². The van der Waals surface area contributed by atoms with Crippen molar-refractivity contribution in [3.05, 3.63) is 52.0 Å². The number of nitrogens with two attached hydrogens (primary N) is 1. The van der Waals surface area contributed by atoms with Crippen molar-refractivity contribution in [3.8, 4) is 0 Å². The number of amides is 1. The molecule has 0 unspecified atom stereocenters. The van der Waals surface area contributed by atoms with Crippen molar-refractivity contribution in [1.82, 2.24) is 9.88 Å². The Hall–Kier alpha value is -1.14. The number of hydrogen-bond donors (Lipinski definition) is 1. The van der Waals surface area contributed by atoms with Gasteiger partial charge in [-0.2, -0.15) is 0 Å². The lowest BCUT2D eigenvalue weighted by Gasteiger charge is -2.22. The van der Waals surface area contributed by atoms with Gasteiger partial charge in [-0.25, -0.2) is 4.98 Å². The molecule has 0 fully saturated rings. The van der Waals surface area contributed by atoms with Crippen LogP contribution in [0.4, 0.5) is 0 Å². The highest BCUT2D eigenvalue weighted by Gasteiger charge is 2.19. The van der Waals surface area contributed by atoms with Crippen molar-refractivity contribution in [2.45, 2.75) is 19.9 Å². The average Bonchev–Trinajstić information content (AvgIpc) is 2.90. The third kappa shape index (κ3) is 5.57. The second kappa shape index (κ2) is 10.6. The summed E-state index contributed by atoms with van der Waals surface area (Å²) in [5.74, 6) is 0.0438. The zero-order chi connectivity index (χ0) is 14.4. The normalized spacial score (nSPS) is 9.55. The SMILES string of the molecule is Cc1ncsc1C(=O)N(CCCN)Cc1ccccc1.Cl.Cl. The van der Waals surface area contributed by atoms with Crippen molar-refractivity contribution in [1.29, 1.82) is 0 Å². The van der Waals surface area contributed by atoms with E-state index in [0.717, 1.165) is 22.6 Å². The first kappa shape index (κ1) is 20.9. The third-order valence-electron chi connectivity index (χ3n) is 3.08. The number of carbonyl (C=O) groups excluding carboxylic acids is 1. The van der Waals surface area contributed by atoms with Crippen molar-refractivity contribution < 1.29 is 4.79 Å². The summed E-state index contributed by atoms with van der Waals surface area (Å²) in [7, 11) is 0. The van der Waals surface area contributed by atoms with Crippen LogP contribution in [0.25, 0.3) is 0 Å². The topological polar surface area (TPSA) is 59.2 Å². The molecular weight excluding hydrogens is 341 g/mol. The fourth-order valence-corrected chi connectivity index (χ4v) is 2.76. The molecule has 1 amide bonds. The van der Waals surface area contributed by atoms with Gasteiger partial charge < -0.3 is 10.6 Å². The average molecular weight is 362 g/mol. The lowest BCUT2D eigenvalue weighted by molar-refractivity contribution is 0.0746. The van der Waals surface area contributed by atoms with E-state index in [4.69, 9.17) is 5.73 Å². The molecule has 0 atom stereocenters. The van der Waals surface area contributed by atoms with Crippen LogP contribution in [0.2, 0.25) is 0 Å². The molecule has 0 bridgehead atoms. The summed E-state index contributed by atoms with van der Waals surface area (Å²) in [6.07, 6.45) is 0.802. The second-order valence-corrected chi connectivity index (χ2v) is 5.48. The maximum atomic E-state index is 12.6. The summed E-state index contributed by atoms with van der Waals surface area (Å²) < 4.78 is 0. The van der Waals surface area contributed by atoms with Crippen LogP contribution in [-0.4, -0.2) is 28.9 Å². The van der Waals surface area contributed by atoms with E-state index in [1.165, 1.54) is 11.3 Å². The fraction of sp³-hybridized carbons (Fsp3) is 0.333. The van der Waals surface area contributed by atoms with E-state index in [1.807, 2.05) is 42.2 Å². The molecule has 22 heavy (non-hydrogen) atoms. The third-order valence-corrected chi connectivity index (χ3v) is 3.99. The Balaban J connectivity index is 0.00000220. The summed E-state index contributed by atoms with van der Waals surface area (Å²) in [6.45, 7) is 3.73. The number of thiazole rings is 1. The molecule has 0 radical (unpaired) electrons. The van der Waals surface area contributed by atoms with Crippen molar-refractivity contribution in [3.63, 3.8) is 0 Å². The number of nitrogens with zero attached hydrogens (tertiary/aromatic N) is 2. The molecule has 2 rings (SSSR count). The van der Waals surface area contributed by atoms with Gasteiger partial charge in [-0.3, -0.25) is 4.79 Å². The van der Waals surface area contributed by atoms with Crippen LogP contribution < -0.4 is 5.73 Å². The van der Waals surface area contributed by atoms with Gasteiger partial charge in [0.15, 0.2) is 0 Å². The summed E-state index contributed by atoms with van der Waals surface area (Å²) in [4.78, 5) is 19.3. The number of aromatic nitrogens is 1. The summed E-state index contributed by atoms with van der Waals surface area (Å²) in [5.41, 5.74) is 9.21. The highest BCUT2D eigenvalue weighted by molar-refractivity contribution is 7.11. The maximum absolute atomic E-state index is 12.6. The Morgan fingerprint density at radius 2 is 1.95 bits per heavy atom. The van der Waals surface area contributed by atoms with Gasteiger partial charge in [0.1, 0.15) is 4.88 Å². The van der Waals surface area contributed by atoms with Gasteiger partial charge in [-0.15, -0.1) is 36.2 Å². The molecule has 4 nitrogen and oxygen atoms in total. The highest BCUT2D eigenvalue weighted by Crippen LogP contribution is 2.17. The van der Waals surface area contributed by atoms with Crippen molar-refractivity contribution in [2.75, 3.05) is 13.1 Å². The molecule has 1 aromatic heterocycles. The Bertz CT molecular complexity index is 563. The molecule has 0 aliphatic rings. The Labute approximate surface area is 147 Å². The summed E-state index contributed by atoms with van der Waals surface area (Å²) in [5, 5.41) is 0. The van der Waals surface area contributed by atoms with Crippen LogP contribution in [0.5, 0.6) is 0 Å². The predicted octanol–water partition coefficient (Wildman–Crippen LogP) is 3.29. The van der Waals surface area contributed by atoms with Gasteiger partial charge in [0, 0.05) is 13.1 Å². The molecule has 0 aliphatic carbocycles. The van der Waals surface area contributed by atoms with Gasteiger partial charge in [0.05, 0.1) is 11.2 Å². The quantitative estimate of drug-likeness (QED) is 0.858. The van der Waals surface area contributed by atoms with Crippen LogP contribution in [0.3, 0.4) is 0 Å². The lowest BCUT2D eigenvalue weighted by atomic mass is 10.2. The molecule has 0 aliphatic heterocycles. The predicted molar refractivity (Wildman–Crippen MR) is 96.2 cm³/mol. The molecule has 122 valence electrons. The standard InChI is InChI=1S/C15H19N3OS.2ClH/c1-12-14(20-11-17-12)15(19)18(9-5-8-16)10-13-6-3-2-4-7-13;;/h2-4,6-7,11H,5,8-10,16H2,1H3;2*1H. The number of rotatable bonds is 6. The van der Waals surface area contributed by atoms with E-state index < -0.39 is 0 Å². The molecule has 0 saturated carbocycles. The van der Waals surface area contributed by atoms with E-state index in [1.54, 1.807) is 5.51 Å². The summed E-state index contributed by atoms with van der Waals surface area (Å²) >= 11 is 1.40. The van der Waals surface area contributed by atoms with Crippen LogP contribution in [0.1, 0.15) is 27.3 Å². The minimum atomic E-state index is 0. The number of carbonyl (C=O) groups is 1. The van der Waals surface area contributed by atoms with Crippen LogP contribution >= 0.6 is 36.2 Å². The van der Waals surface area contributed by atoms with Crippen LogP contribution in [0, 0.1) is 6.92 Å². The van der Waals surface area contributed by atoms with Crippen LogP contribution in [0.15, 0.2) is 35.8 Å². The number of halogens is 2. The van der Waals surface area contributed by atoms with E-state index in [-0.39, 0.29) is 30.7 Å². The molecular formula is C15H21Cl2N3OS. The van der Waals surface area contributed by atoms with Gasteiger partial charge in [0.25, 0.3) is 5.91 Å². The smallest absolute Gasteiger partial charge is 0.266 e. The van der Waals surface area contributed by atoms with Crippen molar-refractivity contribution in [2.24, 2.45) is 5.73 Å². The first-order valence-electron chi connectivity index (χ1n) is 6.65. The molecule has 0 saturated heterocycles. The van der Waals surface area contributed by atoms with Gasteiger partial charge in [-0.05, 0) is 25.5 Å². The largest absolute Gasteiger partial charge is 0.334 e. The van der Waals surface area contributed by atoms with E-state index >= 15 is 0 Å². The van der Waals surface area contributed by atoms with Crippen LogP contribution in [-0.2, 0) is 6.54 Å². The fourth-order valence-electron chi connectivity index (χ4n) is 1.99. The number of benzene rings is 1. The first-order valence-corrected chi connectivity index (χ1v) is 7.53. The van der Waals surface area contributed by atoms with Gasteiger partial charge >= 0.3 is 0 Å². The van der Waals surface area contributed by atoms with E-state index in [2.05, 4.69) is 4.98 Å². The van der Waals surface area contributed by atoms with E-state index in [0.29, 0.717) is 19.6 Å². The molecule has 2 N–H and O–H groups in total.